The van der Waals surface area contributed by atoms with E-state index in [9.17, 15) is 31.5 Å². The molecule has 6 rings (SSSR count). The molecular weight excluding hydrogens is 555 g/mol. The number of imidazole rings is 1. The van der Waals surface area contributed by atoms with E-state index in [1.54, 1.807) is 19.2 Å². The maximum atomic E-state index is 13.9. The summed E-state index contributed by atoms with van der Waals surface area (Å²) in [5.74, 6) is -3.74. The lowest BCUT2D eigenvalue weighted by Crippen LogP contribution is -2.40. The van der Waals surface area contributed by atoms with Gasteiger partial charge >= 0.3 is 12.2 Å². The minimum absolute atomic E-state index is 0.0123. The second kappa shape index (κ2) is 9.91. The molecular formula is C25H27F5N8O3. The van der Waals surface area contributed by atoms with Gasteiger partial charge in [-0.25, -0.2) is 27.7 Å². The van der Waals surface area contributed by atoms with Crippen LogP contribution in [0.15, 0.2) is 23.1 Å². The number of rotatable bonds is 7. The zero-order valence-electron chi connectivity index (χ0n) is 21.9. The number of amides is 3. The van der Waals surface area contributed by atoms with Crippen molar-refractivity contribution >= 4 is 17.6 Å². The number of alkyl halides is 5. The zero-order chi connectivity index (χ0) is 29.1. The molecule has 0 spiro atoms. The van der Waals surface area contributed by atoms with E-state index in [2.05, 4.69) is 30.3 Å². The standard InChI is InChI=1S/C25H27F5N8O3/c1-12-19(36-41-35-12)22(39)34-20(13-4-6-24(26,27)7-5-13)16-10-38-18(32-16)8-15(9-31-38)21(14-2-3-14)37-11-17(25(28,29)30)33-23(37)40/h8-10,13-14,17,20-21H,2-7,11H2,1H3,(H,33,40)(H,34,39)/t17-,20?,21?/m0/s1. The third-order valence-corrected chi connectivity index (χ3v) is 8.14. The Morgan fingerprint density at radius 1 is 1.17 bits per heavy atom. The van der Waals surface area contributed by atoms with Gasteiger partial charge in [0.25, 0.3) is 5.91 Å². The van der Waals surface area contributed by atoms with Crippen molar-refractivity contribution in [3.8, 4) is 0 Å². The fourth-order valence-electron chi connectivity index (χ4n) is 5.80. The fourth-order valence-corrected chi connectivity index (χ4v) is 5.80. The number of hydrogen-bond donors (Lipinski definition) is 2. The average molecular weight is 583 g/mol. The van der Waals surface area contributed by atoms with Crippen molar-refractivity contribution in [1.29, 1.82) is 0 Å². The van der Waals surface area contributed by atoms with Gasteiger partial charge in [0.15, 0.2) is 11.3 Å². The van der Waals surface area contributed by atoms with Crippen molar-refractivity contribution in [2.24, 2.45) is 11.8 Å². The van der Waals surface area contributed by atoms with Gasteiger partial charge in [0, 0.05) is 12.8 Å². The van der Waals surface area contributed by atoms with Crippen molar-refractivity contribution in [2.45, 2.75) is 75.7 Å². The molecule has 2 unspecified atom stereocenters. The predicted octanol–water partition coefficient (Wildman–Crippen LogP) is 4.12. The van der Waals surface area contributed by atoms with Crippen LogP contribution >= 0.6 is 0 Å². The second-order valence-electron chi connectivity index (χ2n) is 11.1. The van der Waals surface area contributed by atoms with Crippen LogP contribution in [0.25, 0.3) is 5.65 Å². The number of carbonyl (C=O) groups is 2. The van der Waals surface area contributed by atoms with Gasteiger partial charge in [-0.1, -0.05) is 5.16 Å². The van der Waals surface area contributed by atoms with E-state index in [-0.39, 0.29) is 48.9 Å². The van der Waals surface area contributed by atoms with Crippen LogP contribution in [0.1, 0.15) is 78.0 Å². The van der Waals surface area contributed by atoms with Gasteiger partial charge in [-0.15, -0.1) is 0 Å². The highest BCUT2D eigenvalue weighted by molar-refractivity contribution is 5.93. The molecule has 3 fully saturated rings. The monoisotopic (exact) mass is 582 g/mol. The molecule has 0 radical (unpaired) electrons. The van der Waals surface area contributed by atoms with E-state index < -0.39 is 48.7 Å². The van der Waals surface area contributed by atoms with E-state index in [1.807, 2.05) is 5.32 Å². The third-order valence-electron chi connectivity index (χ3n) is 8.14. The highest BCUT2D eigenvalue weighted by Gasteiger charge is 2.51. The first-order chi connectivity index (χ1) is 19.4. The summed E-state index contributed by atoms with van der Waals surface area (Å²) in [6.45, 7) is 1.04. The van der Waals surface area contributed by atoms with Gasteiger partial charge in [-0.3, -0.25) is 4.79 Å². The number of aromatic nitrogens is 5. The van der Waals surface area contributed by atoms with Gasteiger partial charge in [0.05, 0.1) is 36.7 Å². The molecule has 3 atom stereocenters. The minimum Gasteiger partial charge on any atom is -0.342 e. The molecule has 0 aromatic carbocycles. The minimum atomic E-state index is -4.57. The Bertz CT molecular complexity index is 1460. The molecule has 220 valence electrons. The highest BCUT2D eigenvalue weighted by Crippen LogP contribution is 2.46. The van der Waals surface area contributed by atoms with Crippen LogP contribution in [0.2, 0.25) is 0 Å². The van der Waals surface area contributed by atoms with E-state index >= 15 is 0 Å². The maximum Gasteiger partial charge on any atom is 0.410 e. The van der Waals surface area contributed by atoms with E-state index in [1.165, 1.54) is 15.6 Å². The topological polar surface area (TPSA) is 131 Å². The first kappa shape index (κ1) is 27.3. The van der Waals surface area contributed by atoms with Crippen molar-refractivity contribution < 1.29 is 36.2 Å². The molecule has 11 nitrogen and oxygen atoms in total. The normalized spacial score (nSPS) is 23.0. The average Bonchev–Trinajstić information content (AvgIpc) is 3.29. The predicted molar refractivity (Wildman–Crippen MR) is 130 cm³/mol. The number of halogens is 5. The van der Waals surface area contributed by atoms with Crippen LogP contribution in [0.5, 0.6) is 0 Å². The van der Waals surface area contributed by atoms with Crippen LogP contribution in [-0.4, -0.2) is 66.4 Å². The molecule has 3 aliphatic rings. The van der Waals surface area contributed by atoms with Crippen LogP contribution < -0.4 is 10.6 Å². The van der Waals surface area contributed by atoms with Crippen LogP contribution in [0, 0.1) is 18.8 Å². The molecule has 2 N–H and O–H groups in total. The summed E-state index contributed by atoms with van der Waals surface area (Å²) in [7, 11) is 0. The molecule has 1 aliphatic heterocycles. The summed E-state index contributed by atoms with van der Waals surface area (Å²) in [5, 5.41) is 16.5. The molecule has 2 aliphatic carbocycles. The lowest BCUT2D eigenvalue weighted by molar-refractivity contribution is -0.150. The molecule has 4 heterocycles. The number of fused-ring (bicyclic) bond motifs is 1. The first-order valence-electron chi connectivity index (χ1n) is 13.4. The Morgan fingerprint density at radius 2 is 1.90 bits per heavy atom. The number of hydrogen-bond acceptors (Lipinski definition) is 7. The summed E-state index contributed by atoms with van der Waals surface area (Å²) in [4.78, 5) is 31.4. The molecule has 1 saturated heterocycles. The largest absolute Gasteiger partial charge is 0.410 e. The van der Waals surface area contributed by atoms with Crippen molar-refractivity contribution in [3.63, 3.8) is 0 Å². The molecule has 3 amide bonds. The summed E-state index contributed by atoms with van der Waals surface area (Å²) in [6.07, 6.45) is -0.340. The number of carbonyl (C=O) groups excluding carboxylic acids is 2. The summed E-state index contributed by atoms with van der Waals surface area (Å²) in [5.41, 5.74) is 1.50. The molecule has 0 bridgehead atoms. The molecule has 3 aromatic rings. The quantitative estimate of drug-likeness (QED) is 0.401. The zero-order valence-corrected chi connectivity index (χ0v) is 21.9. The molecule has 16 heteroatoms. The van der Waals surface area contributed by atoms with E-state index in [0.29, 0.717) is 16.9 Å². The summed E-state index contributed by atoms with van der Waals surface area (Å²) < 4.78 is 73.9. The molecule has 2 saturated carbocycles. The number of aryl methyl sites for hydroxylation is 1. The van der Waals surface area contributed by atoms with Crippen LogP contribution in [0.4, 0.5) is 26.7 Å². The van der Waals surface area contributed by atoms with Gasteiger partial charge in [0.2, 0.25) is 5.92 Å². The number of nitrogens with zero attached hydrogens (tertiary/aromatic N) is 6. The SMILES string of the molecule is Cc1nonc1C(=O)NC(c1cn2ncc(C(C3CC3)N3C[C@@H](C(F)(F)F)NC3=O)cc2n1)C1CCC(F)(F)CC1. The van der Waals surface area contributed by atoms with E-state index in [4.69, 9.17) is 0 Å². The lowest BCUT2D eigenvalue weighted by atomic mass is 9.81. The first-order valence-corrected chi connectivity index (χ1v) is 13.4. The lowest BCUT2D eigenvalue weighted by Gasteiger charge is -2.33. The van der Waals surface area contributed by atoms with Gasteiger partial charge in [-0.05, 0) is 61.2 Å². The van der Waals surface area contributed by atoms with Gasteiger partial charge < -0.3 is 15.5 Å². The Labute approximate surface area is 229 Å². The Morgan fingerprint density at radius 3 is 2.51 bits per heavy atom. The molecule has 3 aromatic heterocycles. The summed E-state index contributed by atoms with van der Waals surface area (Å²) in [6, 6.07) is -2.45. The third kappa shape index (κ3) is 5.43. The number of urea groups is 1. The second-order valence-corrected chi connectivity index (χ2v) is 11.1. The number of nitrogens with one attached hydrogen (secondary N) is 2. The smallest absolute Gasteiger partial charge is 0.342 e. The molecule has 41 heavy (non-hydrogen) atoms. The van der Waals surface area contributed by atoms with Gasteiger partial charge in [0.1, 0.15) is 11.7 Å². The Balaban J connectivity index is 1.30. The summed E-state index contributed by atoms with van der Waals surface area (Å²) >= 11 is 0. The van der Waals surface area contributed by atoms with Crippen molar-refractivity contribution in [3.05, 3.63) is 41.1 Å². The maximum absolute atomic E-state index is 13.9. The van der Waals surface area contributed by atoms with Gasteiger partial charge in [-0.2, -0.15) is 18.3 Å². The van der Waals surface area contributed by atoms with Crippen LogP contribution in [-0.2, 0) is 0 Å². The highest BCUT2D eigenvalue weighted by atomic mass is 19.4. The van der Waals surface area contributed by atoms with Crippen molar-refractivity contribution in [1.82, 2.24) is 40.4 Å². The fraction of sp³-hybridized carbons (Fsp3) is 0.600. The Kier molecular flexibility index (Phi) is 6.60. The van der Waals surface area contributed by atoms with Crippen LogP contribution in [0.3, 0.4) is 0 Å². The van der Waals surface area contributed by atoms with Crippen molar-refractivity contribution in [2.75, 3.05) is 6.54 Å². The van der Waals surface area contributed by atoms with E-state index in [0.717, 1.165) is 12.8 Å². The Hall–Kier alpha value is -3.85.